The molecule has 158 valence electrons. The van der Waals surface area contributed by atoms with Gasteiger partial charge in [0.2, 0.25) is 10.0 Å². The van der Waals surface area contributed by atoms with Crippen molar-refractivity contribution in [3.63, 3.8) is 0 Å². The van der Waals surface area contributed by atoms with E-state index in [0.717, 1.165) is 11.4 Å². The van der Waals surface area contributed by atoms with Crippen LogP contribution in [0.4, 0.5) is 5.69 Å². The summed E-state index contributed by atoms with van der Waals surface area (Å²) in [7, 11) is -2.24. The Kier molecular flexibility index (Phi) is 5.73. The molecule has 0 aliphatic carbocycles. The van der Waals surface area contributed by atoms with Gasteiger partial charge in [-0.2, -0.15) is 4.31 Å². The molecule has 1 aliphatic heterocycles. The first-order valence-corrected chi connectivity index (χ1v) is 11.3. The molecule has 0 N–H and O–H groups in total. The summed E-state index contributed by atoms with van der Waals surface area (Å²) in [6, 6.07) is 14.3. The average molecular weight is 448 g/mol. The van der Waals surface area contributed by atoms with Gasteiger partial charge in [0.1, 0.15) is 10.6 Å². The van der Waals surface area contributed by atoms with Crippen LogP contribution in [0.25, 0.3) is 11.3 Å². The molecule has 3 aromatic rings. The number of aromatic nitrogens is 1. The minimum Gasteiger partial charge on any atom is -0.495 e. The van der Waals surface area contributed by atoms with Gasteiger partial charge < -0.3 is 14.2 Å². The summed E-state index contributed by atoms with van der Waals surface area (Å²) in [4.78, 5) is 2.27. The van der Waals surface area contributed by atoms with Gasteiger partial charge in [-0.3, -0.25) is 0 Å². The lowest BCUT2D eigenvalue weighted by molar-refractivity contribution is 0.374. The maximum absolute atomic E-state index is 13.3. The molecular weight excluding hydrogens is 426 g/mol. The van der Waals surface area contributed by atoms with Crippen LogP contribution in [-0.4, -0.2) is 51.2 Å². The van der Waals surface area contributed by atoms with E-state index in [1.165, 1.54) is 11.4 Å². The van der Waals surface area contributed by atoms with Gasteiger partial charge in [0, 0.05) is 48.5 Å². The number of sulfonamides is 1. The third kappa shape index (κ3) is 4.03. The third-order valence-electron chi connectivity index (χ3n) is 5.11. The molecule has 0 radical (unpaired) electrons. The van der Waals surface area contributed by atoms with E-state index >= 15 is 0 Å². The smallest absolute Gasteiger partial charge is 0.246 e. The van der Waals surface area contributed by atoms with Crippen molar-refractivity contribution in [3.8, 4) is 17.1 Å². The average Bonchev–Trinajstić information content (AvgIpc) is 3.19. The lowest BCUT2D eigenvalue weighted by atomic mass is 10.1. The predicted molar refractivity (Wildman–Crippen MR) is 116 cm³/mol. The monoisotopic (exact) mass is 447 g/mol. The van der Waals surface area contributed by atoms with E-state index in [-0.39, 0.29) is 10.6 Å². The Labute approximate surface area is 180 Å². The van der Waals surface area contributed by atoms with Gasteiger partial charge in [-0.25, -0.2) is 8.42 Å². The van der Waals surface area contributed by atoms with E-state index in [9.17, 15) is 8.42 Å². The van der Waals surface area contributed by atoms with Crippen molar-refractivity contribution in [1.82, 2.24) is 9.46 Å². The number of hydrogen-bond donors (Lipinski definition) is 0. The first-order valence-electron chi connectivity index (χ1n) is 9.51. The summed E-state index contributed by atoms with van der Waals surface area (Å²) >= 11 is 6.08. The van der Waals surface area contributed by atoms with E-state index in [1.54, 1.807) is 24.3 Å². The van der Waals surface area contributed by atoms with Gasteiger partial charge >= 0.3 is 0 Å². The SMILES string of the molecule is COc1cc(-c2cc(C)no2)ccc1S(=O)(=O)N1CCN(c2cccc(Cl)c2)CC1. The summed E-state index contributed by atoms with van der Waals surface area (Å²) < 4.78 is 38.7. The summed E-state index contributed by atoms with van der Waals surface area (Å²) in [5, 5.41) is 4.54. The molecule has 2 heterocycles. The molecule has 9 heteroatoms. The molecule has 0 saturated carbocycles. The quantitative estimate of drug-likeness (QED) is 0.591. The van der Waals surface area contributed by atoms with Crippen LogP contribution in [0.3, 0.4) is 0 Å². The topological polar surface area (TPSA) is 75.9 Å². The molecule has 30 heavy (non-hydrogen) atoms. The van der Waals surface area contributed by atoms with Gasteiger partial charge in [-0.15, -0.1) is 0 Å². The number of hydrogen-bond acceptors (Lipinski definition) is 6. The minimum atomic E-state index is -3.70. The van der Waals surface area contributed by atoms with E-state index in [1.807, 2.05) is 31.2 Å². The van der Waals surface area contributed by atoms with Crippen molar-refractivity contribution in [2.75, 3.05) is 38.2 Å². The Morgan fingerprint density at radius 2 is 1.83 bits per heavy atom. The summed E-state index contributed by atoms with van der Waals surface area (Å²) in [5.74, 6) is 0.837. The van der Waals surface area contributed by atoms with E-state index in [2.05, 4.69) is 10.1 Å². The molecule has 0 bridgehead atoms. The maximum atomic E-state index is 13.3. The lowest BCUT2D eigenvalue weighted by Gasteiger charge is -2.35. The molecule has 4 rings (SSSR count). The van der Waals surface area contributed by atoms with Crippen molar-refractivity contribution >= 4 is 27.3 Å². The van der Waals surface area contributed by atoms with Gasteiger partial charge in [0.25, 0.3) is 0 Å². The molecule has 1 aromatic heterocycles. The number of methoxy groups -OCH3 is 1. The first-order chi connectivity index (χ1) is 14.4. The Balaban J connectivity index is 1.55. The second kappa shape index (κ2) is 8.29. The van der Waals surface area contributed by atoms with Crippen LogP contribution in [0.15, 0.2) is 57.9 Å². The van der Waals surface area contributed by atoms with Gasteiger partial charge in [0.05, 0.1) is 12.8 Å². The summed E-state index contributed by atoms with van der Waals surface area (Å²) in [6.07, 6.45) is 0. The van der Waals surface area contributed by atoms with Crippen molar-refractivity contribution in [3.05, 3.63) is 59.2 Å². The molecular formula is C21H22ClN3O4S. The normalized spacial score (nSPS) is 15.4. The van der Waals surface area contributed by atoms with Gasteiger partial charge in [0.15, 0.2) is 5.76 Å². The Bertz CT molecular complexity index is 1150. The second-order valence-corrected chi connectivity index (χ2v) is 9.41. The number of benzene rings is 2. The molecule has 0 spiro atoms. The second-order valence-electron chi connectivity index (χ2n) is 7.07. The van der Waals surface area contributed by atoms with Crippen molar-refractivity contribution < 1.29 is 17.7 Å². The fourth-order valence-corrected chi connectivity index (χ4v) is 5.28. The Morgan fingerprint density at radius 1 is 1.07 bits per heavy atom. The minimum absolute atomic E-state index is 0.140. The maximum Gasteiger partial charge on any atom is 0.246 e. The van der Waals surface area contributed by atoms with Gasteiger partial charge in [-0.1, -0.05) is 22.8 Å². The Hall–Kier alpha value is -2.55. The number of halogens is 1. The zero-order chi connectivity index (χ0) is 21.3. The van der Waals surface area contributed by atoms with Crippen LogP contribution < -0.4 is 9.64 Å². The molecule has 0 unspecified atom stereocenters. The van der Waals surface area contributed by atoms with Crippen LogP contribution >= 0.6 is 11.6 Å². The number of anilines is 1. The molecule has 1 fully saturated rings. The van der Waals surface area contributed by atoms with E-state index < -0.39 is 10.0 Å². The molecule has 1 saturated heterocycles. The zero-order valence-corrected chi connectivity index (χ0v) is 18.3. The lowest BCUT2D eigenvalue weighted by Crippen LogP contribution is -2.48. The number of aryl methyl sites for hydroxylation is 1. The van der Waals surface area contributed by atoms with Crippen molar-refractivity contribution in [2.24, 2.45) is 0 Å². The van der Waals surface area contributed by atoms with Crippen molar-refractivity contribution in [2.45, 2.75) is 11.8 Å². The van der Waals surface area contributed by atoms with Crippen LogP contribution in [0.1, 0.15) is 5.69 Å². The fourth-order valence-electron chi connectivity index (χ4n) is 3.53. The number of ether oxygens (including phenoxy) is 1. The highest BCUT2D eigenvalue weighted by atomic mass is 35.5. The Morgan fingerprint density at radius 3 is 2.47 bits per heavy atom. The first kappa shape index (κ1) is 20.7. The zero-order valence-electron chi connectivity index (χ0n) is 16.7. The number of nitrogens with zero attached hydrogens (tertiary/aromatic N) is 3. The third-order valence-corrected chi connectivity index (χ3v) is 7.28. The largest absolute Gasteiger partial charge is 0.495 e. The van der Waals surface area contributed by atoms with Gasteiger partial charge in [-0.05, 0) is 43.3 Å². The van der Waals surface area contributed by atoms with Crippen LogP contribution in [0, 0.1) is 6.92 Å². The highest BCUT2D eigenvalue weighted by molar-refractivity contribution is 7.89. The van der Waals surface area contributed by atoms with Crippen molar-refractivity contribution in [1.29, 1.82) is 0 Å². The van der Waals surface area contributed by atoms with E-state index in [4.69, 9.17) is 20.9 Å². The molecule has 1 aliphatic rings. The molecule has 2 aromatic carbocycles. The fraction of sp³-hybridized carbons (Fsp3) is 0.286. The highest BCUT2D eigenvalue weighted by Gasteiger charge is 2.31. The molecule has 0 atom stereocenters. The number of rotatable bonds is 5. The molecule has 0 amide bonds. The summed E-state index contributed by atoms with van der Waals surface area (Å²) in [5.41, 5.74) is 2.44. The van der Waals surface area contributed by atoms with Crippen LogP contribution in [0.2, 0.25) is 5.02 Å². The predicted octanol–water partition coefficient (Wildman–Crippen LogP) is 3.82. The number of piperazine rings is 1. The summed E-state index contributed by atoms with van der Waals surface area (Å²) in [6.45, 7) is 3.74. The van der Waals surface area contributed by atoms with Crippen LogP contribution in [-0.2, 0) is 10.0 Å². The standard InChI is InChI=1S/C21H22ClN3O4S/c1-15-12-19(29-23-15)16-6-7-21(20(13-16)28-2)30(26,27)25-10-8-24(9-11-25)18-5-3-4-17(22)14-18/h3-7,12-14H,8-11H2,1-2H3. The molecule has 7 nitrogen and oxygen atoms in total. The van der Waals surface area contributed by atoms with Crippen LogP contribution in [0.5, 0.6) is 5.75 Å². The van der Waals surface area contributed by atoms with E-state index in [0.29, 0.717) is 42.5 Å². The highest BCUT2D eigenvalue weighted by Crippen LogP contribution is 2.33.